The highest BCUT2D eigenvalue weighted by atomic mass is 32.1. The van der Waals surface area contributed by atoms with Crippen LogP contribution in [0.2, 0.25) is 0 Å². The molecule has 0 saturated carbocycles. The number of nitrogens with zero attached hydrogens (tertiary/aromatic N) is 1. The van der Waals surface area contributed by atoms with Crippen LogP contribution in [-0.4, -0.2) is 29.4 Å². The lowest BCUT2D eigenvalue weighted by Crippen LogP contribution is -2.24. The van der Waals surface area contributed by atoms with E-state index in [0.717, 1.165) is 29.1 Å². The lowest BCUT2D eigenvalue weighted by molar-refractivity contribution is -0.137. The summed E-state index contributed by atoms with van der Waals surface area (Å²) in [5, 5.41) is 13.8. The van der Waals surface area contributed by atoms with Gasteiger partial charge in [0.25, 0.3) is 0 Å². The van der Waals surface area contributed by atoms with Crippen LogP contribution in [0.5, 0.6) is 0 Å². The third-order valence-corrected chi connectivity index (χ3v) is 5.68. The molecule has 1 saturated heterocycles. The molecule has 1 fully saturated rings. The molecule has 1 aliphatic rings. The predicted octanol–water partition coefficient (Wildman–Crippen LogP) is 3.77. The number of nitrogens with one attached hydrogen (secondary N) is 1. The molecule has 142 valence electrons. The van der Waals surface area contributed by atoms with Crippen LogP contribution in [0.1, 0.15) is 42.0 Å². The summed E-state index contributed by atoms with van der Waals surface area (Å²) in [4.78, 5) is 38.2. The average molecular weight is 386 g/mol. The zero-order chi connectivity index (χ0) is 19.4. The van der Waals surface area contributed by atoms with Gasteiger partial charge < -0.3 is 15.3 Å². The third-order valence-electron chi connectivity index (χ3n) is 4.64. The van der Waals surface area contributed by atoms with Crippen LogP contribution in [0.4, 0.5) is 11.4 Å². The minimum absolute atomic E-state index is 0.0804. The first kappa shape index (κ1) is 19.1. The van der Waals surface area contributed by atoms with Gasteiger partial charge in [0.1, 0.15) is 0 Å². The monoisotopic (exact) mass is 386 g/mol. The number of aryl methyl sites for hydroxylation is 1. The second kappa shape index (κ2) is 8.35. The first-order valence-corrected chi connectivity index (χ1v) is 9.78. The molecule has 0 unspecified atom stereocenters. The van der Waals surface area contributed by atoms with Crippen molar-refractivity contribution in [3.8, 4) is 0 Å². The van der Waals surface area contributed by atoms with E-state index in [-0.39, 0.29) is 30.6 Å². The molecule has 27 heavy (non-hydrogen) atoms. The second-order valence-corrected chi connectivity index (χ2v) is 7.69. The van der Waals surface area contributed by atoms with Gasteiger partial charge in [-0.3, -0.25) is 14.4 Å². The summed E-state index contributed by atoms with van der Waals surface area (Å²) in [6, 6.07) is 9.19. The van der Waals surface area contributed by atoms with Crippen molar-refractivity contribution >= 4 is 40.5 Å². The maximum atomic E-state index is 12.4. The number of anilines is 2. The summed E-state index contributed by atoms with van der Waals surface area (Å²) in [6.45, 7) is 2.64. The van der Waals surface area contributed by atoms with Crippen LogP contribution in [0.3, 0.4) is 0 Å². The molecule has 2 N–H and O–H groups in total. The first-order valence-electron chi connectivity index (χ1n) is 8.90. The fraction of sp³-hybridized carbons (Fsp3) is 0.350. The fourth-order valence-corrected chi connectivity index (χ4v) is 4.21. The summed E-state index contributed by atoms with van der Waals surface area (Å²) in [7, 11) is 0. The fourth-order valence-electron chi connectivity index (χ4n) is 3.38. The number of carboxylic acids is 1. The lowest BCUT2D eigenvalue weighted by Gasteiger charge is -2.19. The van der Waals surface area contributed by atoms with Crippen molar-refractivity contribution in [2.45, 2.75) is 38.5 Å². The van der Waals surface area contributed by atoms with Crippen LogP contribution in [0, 0.1) is 6.92 Å². The van der Waals surface area contributed by atoms with Crippen LogP contribution in [0.25, 0.3) is 0 Å². The highest BCUT2D eigenvalue weighted by Crippen LogP contribution is 2.30. The minimum Gasteiger partial charge on any atom is -0.481 e. The number of carbonyl (C=O) groups excluding carboxylic acids is 2. The van der Waals surface area contributed by atoms with E-state index in [0.29, 0.717) is 12.1 Å². The van der Waals surface area contributed by atoms with E-state index in [4.69, 9.17) is 5.11 Å². The molecule has 2 amide bonds. The average Bonchev–Trinajstić information content (AvgIpc) is 3.26. The van der Waals surface area contributed by atoms with E-state index < -0.39 is 5.97 Å². The van der Waals surface area contributed by atoms with Gasteiger partial charge in [-0.25, -0.2) is 0 Å². The Morgan fingerprint density at radius 1 is 1.30 bits per heavy atom. The van der Waals surface area contributed by atoms with E-state index in [1.54, 1.807) is 11.0 Å². The van der Waals surface area contributed by atoms with Gasteiger partial charge >= 0.3 is 5.97 Å². The lowest BCUT2D eigenvalue weighted by atomic mass is 9.99. The van der Waals surface area contributed by atoms with Gasteiger partial charge in [-0.1, -0.05) is 6.07 Å². The normalized spacial score (nSPS) is 15.0. The Kier molecular flexibility index (Phi) is 5.91. The Morgan fingerprint density at radius 3 is 2.70 bits per heavy atom. The van der Waals surface area contributed by atoms with Gasteiger partial charge in [0, 0.05) is 41.6 Å². The molecule has 0 aliphatic carbocycles. The van der Waals surface area contributed by atoms with Gasteiger partial charge in [0.15, 0.2) is 0 Å². The summed E-state index contributed by atoms with van der Waals surface area (Å²) < 4.78 is 0. The van der Waals surface area contributed by atoms with Crippen molar-refractivity contribution < 1.29 is 19.5 Å². The van der Waals surface area contributed by atoms with Gasteiger partial charge in [0.05, 0.1) is 6.42 Å². The molecule has 3 rings (SSSR count). The van der Waals surface area contributed by atoms with Gasteiger partial charge in [-0.05, 0) is 48.6 Å². The quantitative estimate of drug-likeness (QED) is 0.758. The van der Waals surface area contributed by atoms with Crippen LogP contribution in [-0.2, 0) is 14.4 Å². The molecule has 1 aromatic carbocycles. The topological polar surface area (TPSA) is 86.7 Å². The van der Waals surface area contributed by atoms with Crippen molar-refractivity contribution in [2.24, 2.45) is 0 Å². The molecule has 2 aromatic rings. The van der Waals surface area contributed by atoms with E-state index in [1.165, 1.54) is 11.3 Å². The molecule has 1 aromatic heterocycles. The number of thiophene rings is 1. The Labute approximate surface area is 161 Å². The smallest absolute Gasteiger partial charge is 0.304 e. The van der Waals surface area contributed by atoms with E-state index in [2.05, 4.69) is 5.32 Å². The maximum Gasteiger partial charge on any atom is 0.304 e. The van der Waals surface area contributed by atoms with Crippen molar-refractivity contribution in [3.63, 3.8) is 0 Å². The Bertz CT molecular complexity index is 848. The minimum atomic E-state index is -0.920. The van der Waals surface area contributed by atoms with Crippen molar-refractivity contribution in [1.82, 2.24) is 0 Å². The van der Waals surface area contributed by atoms with E-state index in [9.17, 15) is 14.4 Å². The number of aliphatic carboxylic acids is 1. The largest absolute Gasteiger partial charge is 0.481 e. The van der Waals surface area contributed by atoms with Crippen LogP contribution in [0.15, 0.2) is 35.7 Å². The molecule has 0 radical (unpaired) electrons. The molecule has 0 spiro atoms. The molecule has 1 aliphatic heterocycles. The molecule has 6 nitrogen and oxygen atoms in total. The number of benzene rings is 1. The molecular formula is C20H22N2O4S. The van der Waals surface area contributed by atoms with Crippen molar-refractivity contribution in [3.05, 3.63) is 46.2 Å². The molecule has 1 atom stereocenters. The molecule has 7 heteroatoms. The van der Waals surface area contributed by atoms with Gasteiger partial charge in [-0.2, -0.15) is 0 Å². The Balaban J connectivity index is 1.67. The van der Waals surface area contributed by atoms with Crippen molar-refractivity contribution in [1.29, 1.82) is 0 Å². The molecule has 2 heterocycles. The number of rotatable bonds is 7. The highest BCUT2D eigenvalue weighted by molar-refractivity contribution is 7.10. The van der Waals surface area contributed by atoms with Gasteiger partial charge in [0.2, 0.25) is 11.8 Å². The first-order chi connectivity index (χ1) is 12.9. The second-order valence-electron chi connectivity index (χ2n) is 6.71. The Hall–Kier alpha value is -2.67. The molecular weight excluding hydrogens is 364 g/mol. The van der Waals surface area contributed by atoms with Crippen LogP contribution < -0.4 is 10.2 Å². The van der Waals surface area contributed by atoms with E-state index in [1.807, 2.05) is 36.6 Å². The van der Waals surface area contributed by atoms with Gasteiger partial charge in [-0.15, -0.1) is 11.3 Å². The number of hydrogen-bond donors (Lipinski definition) is 2. The number of carbonyl (C=O) groups is 3. The zero-order valence-electron chi connectivity index (χ0n) is 15.1. The predicted molar refractivity (Wildman–Crippen MR) is 105 cm³/mol. The summed E-state index contributed by atoms with van der Waals surface area (Å²) in [6.07, 6.45) is 1.47. The zero-order valence-corrected chi connectivity index (χ0v) is 15.9. The standard InChI is InChI=1S/C20H22N2O4S/c1-13-10-15(6-7-16(13)22-8-2-5-19(22)24)21-18(23)11-14(12-20(25)26)17-4-3-9-27-17/h3-4,6-7,9-10,14H,2,5,8,11-12H2,1H3,(H,21,23)(H,25,26)/t14-/m1/s1. The summed E-state index contributed by atoms with van der Waals surface area (Å²) in [5.41, 5.74) is 2.44. The van der Waals surface area contributed by atoms with E-state index >= 15 is 0 Å². The molecule has 0 bridgehead atoms. The number of carboxylic acid groups (broad SMARTS) is 1. The third kappa shape index (κ3) is 4.74. The Morgan fingerprint density at radius 2 is 2.11 bits per heavy atom. The van der Waals surface area contributed by atoms with Crippen LogP contribution >= 0.6 is 11.3 Å². The van der Waals surface area contributed by atoms with Crippen molar-refractivity contribution in [2.75, 3.05) is 16.8 Å². The summed E-state index contributed by atoms with van der Waals surface area (Å²) >= 11 is 1.46. The number of amides is 2. The number of hydrogen-bond acceptors (Lipinski definition) is 4. The maximum absolute atomic E-state index is 12.4. The highest BCUT2D eigenvalue weighted by Gasteiger charge is 2.23. The SMILES string of the molecule is Cc1cc(NC(=O)C[C@H](CC(=O)O)c2cccs2)ccc1N1CCCC1=O. The summed E-state index contributed by atoms with van der Waals surface area (Å²) in [5.74, 6) is -1.36.